The van der Waals surface area contributed by atoms with Crippen molar-refractivity contribution in [2.75, 3.05) is 5.32 Å². The Morgan fingerprint density at radius 1 is 1.21 bits per heavy atom. The maximum atomic E-state index is 13.5. The van der Waals surface area contributed by atoms with E-state index in [0.717, 1.165) is 12.1 Å². The number of amides is 1. The quantitative estimate of drug-likeness (QED) is 0.783. The molecule has 1 amide bonds. The lowest BCUT2D eigenvalue weighted by atomic mass is 10.1. The maximum absolute atomic E-state index is 13.5. The van der Waals surface area contributed by atoms with Gasteiger partial charge in [-0.25, -0.2) is 4.39 Å². The Kier molecular flexibility index (Phi) is 4.19. The Morgan fingerprint density at radius 2 is 1.84 bits per heavy atom. The average Bonchev–Trinajstić information content (AvgIpc) is 2.40. The van der Waals surface area contributed by atoms with Crippen molar-refractivity contribution < 1.29 is 9.18 Å². The van der Waals surface area contributed by atoms with Crippen LogP contribution in [0.2, 0.25) is 0 Å². The molecule has 0 fully saturated rings. The first-order valence-corrected chi connectivity index (χ1v) is 4.84. The van der Waals surface area contributed by atoms with Crippen molar-refractivity contribution >= 4 is 11.6 Å². The van der Waals surface area contributed by atoms with Crippen LogP contribution in [0.15, 0.2) is 29.5 Å². The summed E-state index contributed by atoms with van der Waals surface area (Å²) in [6.45, 7) is 0. The van der Waals surface area contributed by atoms with Crippen molar-refractivity contribution in [1.82, 2.24) is 0 Å². The number of nitrogens with two attached hydrogens (primary N) is 1. The number of carbonyl (C=O) groups excluding carboxylic acids is 1. The third-order valence-corrected chi connectivity index (χ3v) is 2.10. The smallest absolute Gasteiger partial charge is 0.248 e. The SMILES string of the molecule is N#CC(C#N)=C(C#N)Nc1cc(C(N)=O)ccc1F. The van der Waals surface area contributed by atoms with Gasteiger partial charge in [0.05, 0.1) is 5.69 Å². The molecule has 0 saturated carbocycles. The highest BCUT2D eigenvalue weighted by Crippen LogP contribution is 2.18. The van der Waals surface area contributed by atoms with E-state index in [4.69, 9.17) is 21.5 Å². The van der Waals surface area contributed by atoms with Crippen molar-refractivity contribution in [2.24, 2.45) is 5.73 Å². The molecule has 1 rings (SSSR count). The van der Waals surface area contributed by atoms with Crippen LogP contribution in [-0.4, -0.2) is 5.91 Å². The minimum absolute atomic E-state index is 0.0247. The van der Waals surface area contributed by atoms with E-state index in [9.17, 15) is 9.18 Å². The molecule has 6 nitrogen and oxygen atoms in total. The number of nitrogens with zero attached hydrogens (tertiary/aromatic N) is 3. The molecule has 1 aromatic carbocycles. The Morgan fingerprint density at radius 3 is 2.32 bits per heavy atom. The second-order valence-electron chi connectivity index (χ2n) is 3.27. The number of hydrogen-bond donors (Lipinski definition) is 2. The second kappa shape index (κ2) is 5.81. The number of nitrogens with one attached hydrogen (secondary N) is 1. The van der Waals surface area contributed by atoms with Crippen LogP contribution < -0.4 is 11.1 Å². The molecule has 0 atom stereocenters. The Balaban J connectivity index is 3.27. The molecule has 3 N–H and O–H groups in total. The Hall–Kier alpha value is -3.37. The van der Waals surface area contributed by atoms with Crippen molar-refractivity contribution in [3.05, 3.63) is 40.8 Å². The third kappa shape index (κ3) is 3.06. The lowest BCUT2D eigenvalue weighted by molar-refractivity contribution is 0.100. The predicted molar refractivity (Wildman–Crippen MR) is 62.4 cm³/mol. The molecule has 0 unspecified atom stereocenters. The summed E-state index contributed by atoms with van der Waals surface area (Å²) >= 11 is 0. The van der Waals surface area contributed by atoms with E-state index in [0.29, 0.717) is 0 Å². The van der Waals surface area contributed by atoms with E-state index in [-0.39, 0.29) is 11.3 Å². The number of allylic oxidation sites excluding steroid dienone is 2. The van der Waals surface area contributed by atoms with Crippen molar-refractivity contribution in [3.63, 3.8) is 0 Å². The van der Waals surface area contributed by atoms with E-state index in [1.165, 1.54) is 18.2 Å². The second-order valence-corrected chi connectivity index (χ2v) is 3.27. The topological polar surface area (TPSA) is 126 Å². The predicted octanol–water partition coefficient (Wildman–Crippen LogP) is 1.16. The highest BCUT2D eigenvalue weighted by Gasteiger charge is 2.11. The Labute approximate surface area is 107 Å². The number of anilines is 1. The fraction of sp³-hybridized carbons (Fsp3) is 0. The highest BCUT2D eigenvalue weighted by molar-refractivity contribution is 5.93. The number of carbonyl (C=O) groups is 1. The monoisotopic (exact) mass is 255 g/mol. The fourth-order valence-corrected chi connectivity index (χ4v) is 1.19. The minimum Gasteiger partial charge on any atom is -0.366 e. The summed E-state index contributed by atoms with van der Waals surface area (Å²) in [6.07, 6.45) is 0. The van der Waals surface area contributed by atoms with E-state index >= 15 is 0 Å². The molecule has 0 aliphatic heterocycles. The van der Waals surface area contributed by atoms with Crippen molar-refractivity contribution in [3.8, 4) is 18.2 Å². The summed E-state index contributed by atoms with van der Waals surface area (Å²) in [7, 11) is 0. The van der Waals surface area contributed by atoms with Gasteiger partial charge in [0, 0.05) is 5.56 Å². The summed E-state index contributed by atoms with van der Waals surface area (Å²) in [5, 5.41) is 28.3. The molecule has 1 aromatic rings. The molecule has 7 heteroatoms. The summed E-state index contributed by atoms with van der Waals surface area (Å²) in [5.74, 6) is -1.53. The van der Waals surface area contributed by atoms with Gasteiger partial charge in [0.15, 0.2) is 5.57 Å². The number of halogens is 1. The molecular formula is C12H6FN5O. The number of primary amides is 1. The third-order valence-electron chi connectivity index (χ3n) is 2.10. The number of rotatable bonds is 3. The summed E-state index contributed by atoms with van der Waals surface area (Å²) in [4.78, 5) is 11.0. The van der Waals surface area contributed by atoms with Crippen LogP contribution in [-0.2, 0) is 0 Å². The molecular weight excluding hydrogens is 249 g/mol. The van der Waals surface area contributed by atoms with Crippen LogP contribution in [0.1, 0.15) is 10.4 Å². The normalized spacial score (nSPS) is 8.53. The minimum atomic E-state index is -0.772. The average molecular weight is 255 g/mol. The molecule has 19 heavy (non-hydrogen) atoms. The molecule has 0 aromatic heterocycles. The summed E-state index contributed by atoms with van der Waals surface area (Å²) in [5.41, 5.74) is 3.93. The largest absolute Gasteiger partial charge is 0.366 e. The first kappa shape index (κ1) is 13.7. The van der Waals surface area contributed by atoms with Gasteiger partial charge in [-0.2, -0.15) is 15.8 Å². The van der Waals surface area contributed by atoms with Gasteiger partial charge >= 0.3 is 0 Å². The zero-order valence-electron chi connectivity index (χ0n) is 9.44. The lowest BCUT2D eigenvalue weighted by Gasteiger charge is -2.07. The van der Waals surface area contributed by atoms with Crippen molar-refractivity contribution in [1.29, 1.82) is 15.8 Å². The van der Waals surface area contributed by atoms with Gasteiger partial charge < -0.3 is 11.1 Å². The highest BCUT2D eigenvalue weighted by atomic mass is 19.1. The van der Waals surface area contributed by atoms with Gasteiger partial charge in [-0.05, 0) is 18.2 Å². The Bertz CT molecular complexity index is 672. The van der Waals surface area contributed by atoms with Gasteiger partial charge in [0.2, 0.25) is 5.91 Å². The fourth-order valence-electron chi connectivity index (χ4n) is 1.19. The van der Waals surface area contributed by atoms with Crippen molar-refractivity contribution in [2.45, 2.75) is 0 Å². The van der Waals surface area contributed by atoms with E-state index in [2.05, 4.69) is 5.32 Å². The zero-order chi connectivity index (χ0) is 14.4. The standard InChI is InChI=1S/C12H6FN5O/c13-9-2-1-7(12(17)19)3-10(9)18-11(6-16)8(4-14)5-15/h1-3,18H,(H2,17,19). The van der Waals surface area contributed by atoms with E-state index in [1.54, 1.807) is 6.07 Å². The van der Waals surface area contributed by atoms with Crippen LogP contribution in [0.5, 0.6) is 0 Å². The molecule has 0 aliphatic rings. The van der Waals surface area contributed by atoms with Crippen LogP contribution in [0.25, 0.3) is 0 Å². The molecule has 0 saturated heterocycles. The number of nitriles is 3. The summed E-state index contributed by atoms with van der Waals surface area (Å²) in [6, 6.07) is 7.81. The van der Waals surface area contributed by atoms with Crippen LogP contribution in [0, 0.1) is 39.8 Å². The van der Waals surface area contributed by atoms with Gasteiger partial charge in [-0.1, -0.05) is 0 Å². The molecule has 0 spiro atoms. The number of hydrogen-bond acceptors (Lipinski definition) is 5. The molecule has 0 heterocycles. The first-order chi connectivity index (χ1) is 9.03. The van der Waals surface area contributed by atoms with Crippen LogP contribution in [0.4, 0.5) is 10.1 Å². The maximum Gasteiger partial charge on any atom is 0.248 e. The van der Waals surface area contributed by atoms with E-state index < -0.39 is 23.0 Å². The summed E-state index contributed by atoms with van der Waals surface area (Å²) < 4.78 is 13.5. The molecule has 92 valence electrons. The zero-order valence-corrected chi connectivity index (χ0v) is 9.44. The number of benzene rings is 1. The molecule has 0 bridgehead atoms. The van der Waals surface area contributed by atoms with Crippen LogP contribution >= 0.6 is 0 Å². The van der Waals surface area contributed by atoms with Gasteiger partial charge in [-0.15, -0.1) is 0 Å². The van der Waals surface area contributed by atoms with Crippen LogP contribution in [0.3, 0.4) is 0 Å². The first-order valence-electron chi connectivity index (χ1n) is 4.84. The van der Waals surface area contributed by atoms with Gasteiger partial charge in [0.25, 0.3) is 0 Å². The van der Waals surface area contributed by atoms with Gasteiger partial charge in [-0.3, -0.25) is 4.79 Å². The molecule has 0 radical (unpaired) electrons. The van der Waals surface area contributed by atoms with E-state index in [1.807, 2.05) is 0 Å². The van der Waals surface area contributed by atoms with Gasteiger partial charge in [0.1, 0.15) is 29.7 Å². The molecule has 0 aliphatic carbocycles. The lowest BCUT2D eigenvalue weighted by Crippen LogP contribution is -2.12.